The summed E-state index contributed by atoms with van der Waals surface area (Å²) in [5.41, 5.74) is 0.961. The number of rotatable bonds is 6. The van der Waals surface area contributed by atoms with Gasteiger partial charge in [0.1, 0.15) is 16.5 Å². The number of thioether (sulfide) groups is 1. The van der Waals surface area contributed by atoms with Crippen molar-refractivity contribution in [2.45, 2.75) is 75.7 Å². The number of allylic oxidation sites excluding steroid dienone is 1. The second-order valence-electron chi connectivity index (χ2n) is 7.75. The quantitative estimate of drug-likeness (QED) is 0.426. The third-order valence-corrected chi connectivity index (χ3v) is 7.94. The van der Waals surface area contributed by atoms with E-state index in [1.54, 1.807) is 23.1 Å². The van der Waals surface area contributed by atoms with Crippen molar-refractivity contribution in [2.75, 3.05) is 0 Å². The zero-order valence-corrected chi connectivity index (χ0v) is 18.8. The molecule has 0 amide bonds. The summed E-state index contributed by atoms with van der Waals surface area (Å²) in [5, 5.41) is 10.6. The average molecular weight is 430 g/mol. The van der Waals surface area contributed by atoms with Crippen LogP contribution >= 0.6 is 23.1 Å². The number of H-pyrrole nitrogens is 1. The fourth-order valence-electron chi connectivity index (χ4n) is 4.03. The Morgan fingerprint density at radius 3 is 2.79 bits per heavy atom. The first-order valence-corrected chi connectivity index (χ1v) is 11.9. The molecule has 0 saturated heterocycles. The van der Waals surface area contributed by atoms with Crippen molar-refractivity contribution in [3.8, 4) is 0 Å². The fourth-order valence-corrected chi connectivity index (χ4v) is 5.99. The van der Waals surface area contributed by atoms with E-state index in [-0.39, 0.29) is 10.8 Å². The monoisotopic (exact) mass is 429 g/mol. The Hall–Kier alpha value is -1.93. The Morgan fingerprint density at radius 2 is 2.07 bits per heavy atom. The SMILES string of the molecule is C=CCn1c(SC(C)c2nc3sc(C)c(C)c3c(=O)[nH]2)nnc1C1CCCCC1. The van der Waals surface area contributed by atoms with E-state index in [1.807, 2.05) is 19.9 Å². The van der Waals surface area contributed by atoms with Gasteiger partial charge in [-0.1, -0.05) is 37.1 Å². The lowest BCUT2D eigenvalue weighted by molar-refractivity contribution is 0.415. The van der Waals surface area contributed by atoms with Gasteiger partial charge in [0.15, 0.2) is 5.16 Å². The first-order valence-electron chi connectivity index (χ1n) is 10.2. The van der Waals surface area contributed by atoms with Gasteiger partial charge in [-0.3, -0.25) is 4.79 Å². The van der Waals surface area contributed by atoms with Crippen LogP contribution in [-0.4, -0.2) is 24.7 Å². The molecule has 1 N–H and O–H groups in total. The van der Waals surface area contributed by atoms with Crippen LogP contribution in [0.15, 0.2) is 22.6 Å². The van der Waals surface area contributed by atoms with Gasteiger partial charge in [-0.25, -0.2) is 4.98 Å². The normalized spacial score (nSPS) is 16.4. The van der Waals surface area contributed by atoms with Crippen molar-refractivity contribution in [2.24, 2.45) is 0 Å². The van der Waals surface area contributed by atoms with Crippen LogP contribution in [0.25, 0.3) is 10.2 Å². The molecular weight excluding hydrogens is 402 g/mol. The Morgan fingerprint density at radius 1 is 1.31 bits per heavy atom. The lowest BCUT2D eigenvalue weighted by atomic mass is 9.89. The number of nitrogens with one attached hydrogen (secondary N) is 1. The third-order valence-electron chi connectivity index (χ3n) is 5.75. The molecule has 1 fully saturated rings. The second-order valence-corrected chi connectivity index (χ2v) is 10.3. The Labute approximate surface area is 178 Å². The van der Waals surface area contributed by atoms with Crippen molar-refractivity contribution in [1.29, 1.82) is 0 Å². The molecule has 3 aromatic rings. The molecule has 1 saturated carbocycles. The maximum atomic E-state index is 12.6. The molecule has 0 aliphatic heterocycles. The van der Waals surface area contributed by atoms with Gasteiger partial charge in [0.05, 0.1) is 10.6 Å². The van der Waals surface area contributed by atoms with Gasteiger partial charge in [-0.05, 0) is 39.2 Å². The van der Waals surface area contributed by atoms with Crippen molar-refractivity contribution in [3.05, 3.63) is 45.1 Å². The van der Waals surface area contributed by atoms with E-state index in [9.17, 15) is 4.79 Å². The molecule has 1 atom stereocenters. The van der Waals surface area contributed by atoms with Crippen molar-refractivity contribution < 1.29 is 0 Å². The molecule has 0 radical (unpaired) electrons. The first kappa shape index (κ1) is 20.3. The van der Waals surface area contributed by atoms with Gasteiger partial charge in [0.2, 0.25) is 0 Å². The highest BCUT2D eigenvalue weighted by Gasteiger charge is 2.25. The average Bonchev–Trinajstić information content (AvgIpc) is 3.23. The Kier molecular flexibility index (Phi) is 5.92. The molecule has 154 valence electrons. The highest BCUT2D eigenvalue weighted by Crippen LogP contribution is 2.37. The van der Waals surface area contributed by atoms with Crippen LogP contribution < -0.4 is 5.56 Å². The summed E-state index contributed by atoms with van der Waals surface area (Å²) in [4.78, 5) is 22.3. The molecule has 3 heterocycles. The number of hydrogen-bond donors (Lipinski definition) is 1. The van der Waals surface area contributed by atoms with Crippen molar-refractivity contribution in [3.63, 3.8) is 0 Å². The number of thiophene rings is 1. The Balaban J connectivity index is 1.63. The first-order chi connectivity index (χ1) is 14.0. The van der Waals surface area contributed by atoms with Gasteiger partial charge in [-0.15, -0.1) is 28.1 Å². The lowest BCUT2D eigenvalue weighted by Crippen LogP contribution is -2.14. The van der Waals surface area contributed by atoms with Gasteiger partial charge in [0.25, 0.3) is 5.56 Å². The minimum absolute atomic E-state index is 0.0400. The maximum absolute atomic E-state index is 12.6. The summed E-state index contributed by atoms with van der Waals surface area (Å²) in [5.74, 6) is 2.23. The summed E-state index contributed by atoms with van der Waals surface area (Å²) >= 11 is 3.17. The lowest BCUT2D eigenvalue weighted by Gasteiger charge is -2.21. The smallest absolute Gasteiger partial charge is 0.259 e. The van der Waals surface area contributed by atoms with Gasteiger partial charge < -0.3 is 9.55 Å². The standard InChI is InChI=1S/C21H27N5OS2/c1-5-11-26-18(15-9-7-6-8-10-15)24-25-21(26)29-14(4)17-22-19(27)16-12(2)13(3)28-20(16)23-17/h5,14-15H,1,6-11H2,2-4H3,(H,22,23,27). The van der Waals surface area contributed by atoms with Crippen LogP contribution in [-0.2, 0) is 6.54 Å². The fraction of sp³-hybridized carbons (Fsp3) is 0.524. The molecule has 1 aliphatic rings. The number of hydrogen-bond acceptors (Lipinski definition) is 6. The zero-order chi connectivity index (χ0) is 20.5. The van der Waals surface area contributed by atoms with E-state index in [0.29, 0.717) is 23.7 Å². The predicted octanol–water partition coefficient (Wildman–Crippen LogP) is 5.28. The van der Waals surface area contributed by atoms with E-state index in [0.717, 1.165) is 26.3 Å². The number of nitrogens with zero attached hydrogens (tertiary/aromatic N) is 4. The molecule has 6 nitrogen and oxygen atoms in total. The number of fused-ring (bicyclic) bond motifs is 1. The van der Waals surface area contributed by atoms with Crippen LogP contribution in [0.2, 0.25) is 0 Å². The van der Waals surface area contributed by atoms with Crippen LogP contribution in [0.1, 0.15) is 72.3 Å². The number of aromatic amines is 1. The summed E-state index contributed by atoms with van der Waals surface area (Å²) in [6.45, 7) is 10.7. The summed E-state index contributed by atoms with van der Waals surface area (Å²) in [6, 6.07) is 0. The largest absolute Gasteiger partial charge is 0.309 e. The predicted molar refractivity (Wildman–Crippen MR) is 120 cm³/mol. The molecule has 0 spiro atoms. The molecule has 3 aromatic heterocycles. The minimum atomic E-state index is -0.0604. The van der Waals surface area contributed by atoms with E-state index >= 15 is 0 Å². The third kappa shape index (κ3) is 3.92. The van der Waals surface area contributed by atoms with Crippen LogP contribution in [0.4, 0.5) is 0 Å². The van der Waals surface area contributed by atoms with E-state index in [4.69, 9.17) is 4.98 Å². The van der Waals surface area contributed by atoms with Gasteiger partial charge >= 0.3 is 0 Å². The maximum Gasteiger partial charge on any atom is 0.259 e. The molecule has 8 heteroatoms. The molecule has 4 rings (SSSR count). The van der Waals surface area contributed by atoms with E-state index in [2.05, 4.69) is 33.3 Å². The summed E-state index contributed by atoms with van der Waals surface area (Å²) < 4.78 is 2.18. The minimum Gasteiger partial charge on any atom is -0.309 e. The Bertz CT molecular complexity index is 1090. The number of aryl methyl sites for hydroxylation is 2. The van der Waals surface area contributed by atoms with Crippen LogP contribution in [0, 0.1) is 13.8 Å². The highest BCUT2D eigenvalue weighted by atomic mass is 32.2. The molecule has 29 heavy (non-hydrogen) atoms. The van der Waals surface area contributed by atoms with Crippen LogP contribution in [0.5, 0.6) is 0 Å². The number of aromatic nitrogens is 5. The zero-order valence-electron chi connectivity index (χ0n) is 17.2. The molecule has 1 unspecified atom stereocenters. The topological polar surface area (TPSA) is 76.5 Å². The van der Waals surface area contributed by atoms with Crippen molar-refractivity contribution in [1.82, 2.24) is 24.7 Å². The summed E-state index contributed by atoms with van der Waals surface area (Å²) in [7, 11) is 0. The van der Waals surface area contributed by atoms with Crippen molar-refractivity contribution >= 4 is 33.3 Å². The van der Waals surface area contributed by atoms with E-state index < -0.39 is 0 Å². The molecule has 0 bridgehead atoms. The van der Waals surface area contributed by atoms with E-state index in [1.165, 1.54) is 32.1 Å². The van der Waals surface area contributed by atoms with Gasteiger partial charge in [-0.2, -0.15) is 0 Å². The molecule has 0 aromatic carbocycles. The highest BCUT2D eigenvalue weighted by molar-refractivity contribution is 7.99. The van der Waals surface area contributed by atoms with Gasteiger partial charge in [0, 0.05) is 17.3 Å². The summed E-state index contributed by atoms with van der Waals surface area (Å²) in [6.07, 6.45) is 8.09. The van der Waals surface area contributed by atoms with Crippen LogP contribution in [0.3, 0.4) is 0 Å². The molecule has 1 aliphatic carbocycles. The molecular formula is C21H27N5OS2. The second kappa shape index (κ2) is 8.44.